The number of hydrogen-bond donors (Lipinski definition) is 3. The highest BCUT2D eigenvalue weighted by atomic mass is 16.5. The van der Waals surface area contributed by atoms with E-state index in [-0.39, 0.29) is 5.84 Å². The van der Waals surface area contributed by atoms with Crippen LogP contribution in [0.1, 0.15) is 15.9 Å². The van der Waals surface area contributed by atoms with Crippen LogP contribution in [0, 0.1) is 0 Å². The maximum Gasteiger partial charge on any atom is 0.259 e. The zero-order chi connectivity index (χ0) is 14.5. The van der Waals surface area contributed by atoms with E-state index in [1.807, 2.05) is 0 Å². The van der Waals surface area contributed by atoms with Gasteiger partial charge in [0.25, 0.3) is 5.91 Å². The molecule has 0 spiro atoms. The molecule has 7 nitrogen and oxygen atoms in total. The number of rotatable bonds is 4. The van der Waals surface area contributed by atoms with Gasteiger partial charge in [-0.25, -0.2) is 0 Å². The van der Waals surface area contributed by atoms with Crippen LogP contribution in [0.5, 0.6) is 5.75 Å². The van der Waals surface area contributed by atoms with Gasteiger partial charge in [0.05, 0.1) is 24.6 Å². The number of nitrogens with two attached hydrogens (primary N) is 1. The third kappa shape index (κ3) is 2.56. The van der Waals surface area contributed by atoms with Crippen LogP contribution in [0.15, 0.2) is 46.4 Å². The lowest BCUT2D eigenvalue weighted by Crippen LogP contribution is -2.19. The predicted molar refractivity (Wildman–Crippen MR) is 72.2 cm³/mol. The van der Waals surface area contributed by atoms with Crippen LogP contribution in [0.3, 0.4) is 0 Å². The fraction of sp³-hybridized carbons (Fsp3) is 0.0769. The van der Waals surface area contributed by atoms with Gasteiger partial charge in [-0.1, -0.05) is 11.2 Å². The van der Waals surface area contributed by atoms with Gasteiger partial charge in [0, 0.05) is 5.56 Å². The highest BCUT2D eigenvalue weighted by Crippen LogP contribution is 2.28. The zero-order valence-corrected chi connectivity index (χ0v) is 10.7. The largest absolute Gasteiger partial charge is 0.495 e. The molecular weight excluding hydrogens is 262 g/mol. The minimum atomic E-state index is -0.393. The number of ether oxygens (including phenoxy) is 1. The minimum absolute atomic E-state index is 0.133. The smallest absolute Gasteiger partial charge is 0.259 e. The Balaban J connectivity index is 2.41. The Morgan fingerprint density at radius 2 is 2.25 bits per heavy atom. The molecule has 2 rings (SSSR count). The van der Waals surface area contributed by atoms with E-state index in [1.165, 1.54) is 25.7 Å². The summed E-state index contributed by atoms with van der Waals surface area (Å²) >= 11 is 0. The van der Waals surface area contributed by atoms with E-state index < -0.39 is 5.91 Å². The highest BCUT2D eigenvalue weighted by molar-refractivity contribution is 6.10. The molecule has 0 saturated carbocycles. The molecule has 0 aliphatic heterocycles. The third-order valence-corrected chi connectivity index (χ3v) is 2.65. The van der Waals surface area contributed by atoms with Gasteiger partial charge in [0.15, 0.2) is 5.84 Å². The zero-order valence-electron chi connectivity index (χ0n) is 10.7. The molecule has 0 atom stereocenters. The standard InChI is InChI=1S/C13H13N3O4/c1-19-10-4-2-3-9(12(14)16-18)11(10)15-13(17)8-5-6-20-7-8/h2-7,18H,1H3,(H2,14,16)(H,15,17). The molecule has 2 aromatic rings. The van der Waals surface area contributed by atoms with Crippen molar-refractivity contribution in [3.05, 3.63) is 47.9 Å². The van der Waals surface area contributed by atoms with Gasteiger partial charge in [-0.2, -0.15) is 0 Å². The van der Waals surface area contributed by atoms with Crippen LogP contribution in [0.25, 0.3) is 0 Å². The molecule has 0 aliphatic rings. The molecule has 0 unspecified atom stereocenters. The van der Waals surface area contributed by atoms with Crippen LogP contribution in [-0.2, 0) is 0 Å². The molecule has 4 N–H and O–H groups in total. The number of amides is 1. The molecule has 20 heavy (non-hydrogen) atoms. The molecule has 0 saturated heterocycles. The topological polar surface area (TPSA) is 110 Å². The molecule has 0 bridgehead atoms. The van der Waals surface area contributed by atoms with Gasteiger partial charge < -0.3 is 25.4 Å². The number of carbonyl (C=O) groups is 1. The van der Waals surface area contributed by atoms with Crippen molar-refractivity contribution in [1.29, 1.82) is 0 Å². The van der Waals surface area contributed by atoms with Crippen molar-refractivity contribution in [1.82, 2.24) is 0 Å². The molecule has 1 aromatic carbocycles. The minimum Gasteiger partial charge on any atom is -0.495 e. The SMILES string of the molecule is COc1cccc(/C(N)=N/O)c1NC(=O)c1ccoc1. The van der Waals surface area contributed by atoms with Gasteiger partial charge in [0.2, 0.25) is 0 Å². The Morgan fingerprint density at radius 3 is 2.85 bits per heavy atom. The molecule has 1 aromatic heterocycles. The van der Waals surface area contributed by atoms with Crippen molar-refractivity contribution >= 4 is 17.4 Å². The lowest BCUT2D eigenvalue weighted by molar-refractivity contribution is 0.102. The second-order valence-electron chi connectivity index (χ2n) is 3.83. The monoisotopic (exact) mass is 275 g/mol. The van der Waals surface area contributed by atoms with E-state index >= 15 is 0 Å². The van der Waals surface area contributed by atoms with Gasteiger partial charge in [-0.05, 0) is 18.2 Å². The molecule has 0 fully saturated rings. The summed E-state index contributed by atoms with van der Waals surface area (Å²) in [5, 5.41) is 14.4. The van der Waals surface area contributed by atoms with Crippen LogP contribution < -0.4 is 15.8 Å². The number of furan rings is 1. The van der Waals surface area contributed by atoms with E-state index in [9.17, 15) is 4.79 Å². The van der Waals surface area contributed by atoms with Crippen molar-refractivity contribution in [2.75, 3.05) is 12.4 Å². The van der Waals surface area contributed by atoms with Crippen molar-refractivity contribution < 1.29 is 19.2 Å². The first kappa shape index (κ1) is 13.5. The fourth-order valence-corrected chi connectivity index (χ4v) is 1.68. The van der Waals surface area contributed by atoms with E-state index in [4.69, 9.17) is 20.1 Å². The molecule has 0 aliphatic carbocycles. The second-order valence-corrected chi connectivity index (χ2v) is 3.83. The van der Waals surface area contributed by atoms with Gasteiger partial charge in [-0.15, -0.1) is 0 Å². The van der Waals surface area contributed by atoms with Crippen molar-refractivity contribution in [3.63, 3.8) is 0 Å². The second kappa shape index (κ2) is 5.79. The Hall–Kier alpha value is -2.96. The number of anilines is 1. The summed E-state index contributed by atoms with van der Waals surface area (Å²) in [5.41, 5.74) is 6.60. The maximum atomic E-state index is 12.0. The van der Waals surface area contributed by atoms with Crippen molar-refractivity contribution in [3.8, 4) is 5.75 Å². The number of methoxy groups -OCH3 is 1. The summed E-state index contributed by atoms with van der Waals surface area (Å²) in [6, 6.07) is 6.44. The summed E-state index contributed by atoms with van der Waals surface area (Å²) in [7, 11) is 1.46. The molecule has 1 heterocycles. The summed E-state index contributed by atoms with van der Waals surface area (Å²) in [6.45, 7) is 0. The van der Waals surface area contributed by atoms with E-state index in [2.05, 4.69) is 10.5 Å². The number of para-hydroxylation sites is 1. The first-order valence-corrected chi connectivity index (χ1v) is 5.65. The molecule has 7 heteroatoms. The van der Waals surface area contributed by atoms with E-state index in [1.54, 1.807) is 18.2 Å². The van der Waals surface area contributed by atoms with Gasteiger partial charge >= 0.3 is 0 Å². The lowest BCUT2D eigenvalue weighted by atomic mass is 10.1. The van der Waals surface area contributed by atoms with E-state index in [0.29, 0.717) is 22.6 Å². The number of hydrogen-bond acceptors (Lipinski definition) is 5. The van der Waals surface area contributed by atoms with Crippen LogP contribution >= 0.6 is 0 Å². The van der Waals surface area contributed by atoms with Crippen LogP contribution in [0.4, 0.5) is 5.69 Å². The predicted octanol–water partition coefficient (Wildman–Crippen LogP) is 1.63. The summed E-state index contributed by atoms with van der Waals surface area (Å²) in [4.78, 5) is 12.0. The highest BCUT2D eigenvalue weighted by Gasteiger charge is 2.16. The number of nitrogens with one attached hydrogen (secondary N) is 1. The molecular formula is C13H13N3O4. The Labute approximate surface area is 114 Å². The van der Waals surface area contributed by atoms with Gasteiger partial charge in [0.1, 0.15) is 12.0 Å². The first-order chi connectivity index (χ1) is 9.67. The summed E-state index contributed by atoms with van der Waals surface area (Å²) < 4.78 is 10.0. The lowest BCUT2D eigenvalue weighted by Gasteiger charge is -2.13. The molecule has 104 valence electrons. The van der Waals surface area contributed by atoms with Crippen LogP contribution in [0.2, 0.25) is 0 Å². The van der Waals surface area contributed by atoms with Crippen molar-refractivity contribution in [2.45, 2.75) is 0 Å². The number of amidine groups is 1. The van der Waals surface area contributed by atoms with E-state index in [0.717, 1.165) is 0 Å². The molecule has 1 amide bonds. The summed E-state index contributed by atoms with van der Waals surface area (Å²) in [5.74, 6) is -0.132. The number of nitrogens with zero attached hydrogens (tertiary/aromatic N) is 1. The number of carbonyl (C=O) groups excluding carboxylic acids is 1. The van der Waals surface area contributed by atoms with Crippen LogP contribution in [-0.4, -0.2) is 24.1 Å². The Kier molecular flexibility index (Phi) is 3.90. The number of benzene rings is 1. The normalized spacial score (nSPS) is 11.2. The summed E-state index contributed by atoms with van der Waals surface area (Å²) in [6.07, 6.45) is 2.70. The molecule has 0 radical (unpaired) electrons. The Bertz CT molecular complexity index is 635. The fourth-order valence-electron chi connectivity index (χ4n) is 1.68. The third-order valence-electron chi connectivity index (χ3n) is 2.65. The first-order valence-electron chi connectivity index (χ1n) is 5.65. The van der Waals surface area contributed by atoms with Gasteiger partial charge in [-0.3, -0.25) is 4.79 Å². The average Bonchev–Trinajstić information content (AvgIpc) is 3.01. The average molecular weight is 275 g/mol. The number of oxime groups is 1. The van der Waals surface area contributed by atoms with Crippen molar-refractivity contribution in [2.24, 2.45) is 10.9 Å². The Morgan fingerprint density at radius 1 is 1.45 bits per heavy atom. The maximum absolute atomic E-state index is 12.0. The quantitative estimate of drug-likeness (QED) is 0.340.